The number of hydrogen-bond donors (Lipinski definition) is 3. The van der Waals surface area contributed by atoms with Crippen molar-refractivity contribution in [1.82, 2.24) is 15.1 Å². The lowest BCUT2D eigenvalue weighted by Gasteiger charge is -2.25. The normalized spacial score (nSPS) is 17.2. The summed E-state index contributed by atoms with van der Waals surface area (Å²) in [7, 11) is 1.82. The number of imide groups is 1. The third-order valence-corrected chi connectivity index (χ3v) is 5.05. The molecule has 1 aromatic carbocycles. The summed E-state index contributed by atoms with van der Waals surface area (Å²) < 4.78 is 0. The quantitative estimate of drug-likeness (QED) is 0.644. The van der Waals surface area contributed by atoms with Gasteiger partial charge in [0.15, 0.2) is 0 Å². The van der Waals surface area contributed by atoms with Crippen LogP contribution in [0.2, 0.25) is 0 Å². The first-order chi connectivity index (χ1) is 13.2. The highest BCUT2D eigenvalue weighted by atomic mass is 35.5. The Morgan fingerprint density at radius 1 is 1.21 bits per heavy atom. The van der Waals surface area contributed by atoms with Crippen molar-refractivity contribution in [1.29, 1.82) is 0 Å². The summed E-state index contributed by atoms with van der Waals surface area (Å²) in [6.07, 6.45) is 2.58. The Kier molecular flexibility index (Phi) is 10.1. The van der Waals surface area contributed by atoms with Gasteiger partial charge < -0.3 is 10.4 Å². The highest BCUT2D eigenvalue weighted by Crippen LogP contribution is 2.16. The smallest absolute Gasteiger partial charge is 0.325 e. The van der Waals surface area contributed by atoms with E-state index in [0.29, 0.717) is 12.2 Å². The molecule has 0 spiro atoms. The molecule has 0 saturated carbocycles. The minimum absolute atomic E-state index is 0. The maximum absolute atomic E-state index is 12.2. The summed E-state index contributed by atoms with van der Waals surface area (Å²) in [6.45, 7) is 5.49. The zero-order valence-corrected chi connectivity index (χ0v) is 18.1. The minimum Gasteiger partial charge on any atom is -0.480 e. The number of carboxylic acids is 1. The van der Waals surface area contributed by atoms with E-state index in [9.17, 15) is 14.4 Å². The molecule has 1 saturated heterocycles. The summed E-state index contributed by atoms with van der Waals surface area (Å²) in [5, 5.41) is 14.0. The lowest BCUT2D eigenvalue weighted by molar-refractivity contribution is -0.138. The van der Waals surface area contributed by atoms with E-state index in [0.717, 1.165) is 36.9 Å². The zero-order chi connectivity index (χ0) is 20.7. The van der Waals surface area contributed by atoms with Crippen LogP contribution in [-0.4, -0.2) is 72.1 Å². The predicted molar refractivity (Wildman–Crippen MR) is 115 cm³/mol. The Bertz CT molecular complexity index is 728. The second-order valence-corrected chi connectivity index (χ2v) is 7.49. The standard InChI is InChI=1S/C20H30N4O4.ClH/c1-14-6-7-17(15(2)11-14)21-20(28)22-18(25)12-24-9-4-5-16(8-10-24)23(3)13-19(26)27;/h6-7,11,16H,4-5,8-10,12-13H2,1-3H3,(H,26,27)(H2,21,22,25,28);1H. The molecule has 1 aliphatic rings. The number of hydrogen-bond acceptors (Lipinski definition) is 5. The van der Waals surface area contributed by atoms with Crippen molar-refractivity contribution in [3.05, 3.63) is 29.3 Å². The van der Waals surface area contributed by atoms with Crippen LogP contribution in [0, 0.1) is 13.8 Å². The first kappa shape index (κ1) is 24.9. The largest absolute Gasteiger partial charge is 0.480 e. The second-order valence-electron chi connectivity index (χ2n) is 7.49. The molecule has 1 aliphatic heterocycles. The molecule has 0 bridgehead atoms. The van der Waals surface area contributed by atoms with Gasteiger partial charge in [-0.25, -0.2) is 4.79 Å². The number of nitrogens with zero attached hydrogens (tertiary/aromatic N) is 2. The van der Waals surface area contributed by atoms with Crippen LogP contribution in [0.15, 0.2) is 18.2 Å². The number of carbonyl (C=O) groups is 3. The summed E-state index contributed by atoms with van der Waals surface area (Å²) in [5.74, 6) is -1.18. The van der Waals surface area contributed by atoms with Gasteiger partial charge in [0.05, 0.1) is 13.1 Å². The number of rotatable bonds is 6. The molecule has 162 valence electrons. The first-order valence-electron chi connectivity index (χ1n) is 9.57. The molecule has 1 fully saturated rings. The van der Waals surface area contributed by atoms with Gasteiger partial charge in [0, 0.05) is 18.3 Å². The number of benzene rings is 1. The molecule has 1 atom stereocenters. The van der Waals surface area contributed by atoms with E-state index in [-0.39, 0.29) is 37.4 Å². The van der Waals surface area contributed by atoms with Crippen molar-refractivity contribution in [2.24, 2.45) is 0 Å². The van der Waals surface area contributed by atoms with Crippen molar-refractivity contribution in [2.75, 3.05) is 38.5 Å². The van der Waals surface area contributed by atoms with Crippen LogP contribution in [0.5, 0.6) is 0 Å². The number of likely N-dealkylation sites (N-methyl/N-ethyl adjacent to an activating group) is 1. The van der Waals surface area contributed by atoms with Crippen LogP contribution < -0.4 is 10.6 Å². The van der Waals surface area contributed by atoms with Gasteiger partial charge in [-0.05, 0) is 58.3 Å². The van der Waals surface area contributed by atoms with Gasteiger partial charge in [-0.3, -0.25) is 24.7 Å². The van der Waals surface area contributed by atoms with Gasteiger partial charge in [-0.1, -0.05) is 17.7 Å². The van der Waals surface area contributed by atoms with Crippen LogP contribution in [-0.2, 0) is 9.59 Å². The molecule has 1 unspecified atom stereocenters. The Balaban J connectivity index is 0.00000420. The molecule has 1 aromatic rings. The van der Waals surface area contributed by atoms with E-state index in [4.69, 9.17) is 5.11 Å². The topological polar surface area (TPSA) is 102 Å². The minimum atomic E-state index is -0.835. The van der Waals surface area contributed by atoms with Crippen molar-refractivity contribution < 1.29 is 19.5 Å². The highest BCUT2D eigenvalue weighted by Gasteiger charge is 2.23. The van der Waals surface area contributed by atoms with Crippen LogP contribution in [0.3, 0.4) is 0 Å². The van der Waals surface area contributed by atoms with Crippen molar-refractivity contribution in [3.63, 3.8) is 0 Å². The van der Waals surface area contributed by atoms with E-state index >= 15 is 0 Å². The van der Waals surface area contributed by atoms with E-state index in [1.807, 2.05) is 48.9 Å². The molecule has 3 N–H and O–H groups in total. The number of urea groups is 1. The fourth-order valence-electron chi connectivity index (χ4n) is 3.56. The number of anilines is 1. The van der Waals surface area contributed by atoms with Gasteiger partial charge in [-0.15, -0.1) is 12.4 Å². The second kappa shape index (κ2) is 11.7. The monoisotopic (exact) mass is 426 g/mol. The van der Waals surface area contributed by atoms with E-state index < -0.39 is 12.0 Å². The highest BCUT2D eigenvalue weighted by molar-refractivity contribution is 6.02. The Morgan fingerprint density at radius 2 is 1.93 bits per heavy atom. The van der Waals surface area contributed by atoms with Crippen LogP contribution in [0.1, 0.15) is 30.4 Å². The molecule has 29 heavy (non-hydrogen) atoms. The molecular formula is C20H31ClN4O4. The molecule has 3 amide bonds. The molecule has 0 aliphatic carbocycles. The average Bonchev–Trinajstić information content (AvgIpc) is 2.82. The lowest BCUT2D eigenvalue weighted by atomic mass is 10.1. The summed E-state index contributed by atoms with van der Waals surface area (Å²) in [5.41, 5.74) is 2.72. The lowest BCUT2D eigenvalue weighted by Crippen LogP contribution is -2.42. The molecular weight excluding hydrogens is 396 g/mol. The van der Waals surface area contributed by atoms with Gasteiger partial charge >= 0.3 is 12.0 Å². The van der Waals surface area contributed by atoms with Crippen LogP contribution in [0.4, 0.5) is 10.5 Å². The maximum atomic E-state index is 12.2. The Labute approximate surface area is 178 Å². The molecule has 0 aromatic heterocycles. The van der Waals surface area contributed by atoms with Crippen LogP contribution >= 0.6 is 12.4 Å². The number of aliphatic carboxylic acids is 1. The third kappa shape index (κ3) is 8.39. The maximum Gasteiger partial charge on any atom is 0.325 e. The van der Waals surface area contributed by atoms with E-state index in [1.165, 1.54) is 0 Å². The Hall–Kier alpha value is -2.16. The van der Waals surface area contributed by atoms with Gasteiger partial charge in [0.1, 0.15) is 0 Å². The Morgan fingerprint density at radius 3 is 2.59 bits per heavy atom. The van der Waals surface area contributed by atoms with Crippen LogP contribution in [0.25, 0.3) is 0 Å². The zero-order valence-electron chi connectivity index (χ0n) is 17.2. The van der Waals surface area contributed by atoms with Crippen molar-refractivity contribution in [2.45, 2.75) is 39.2 Å². The SMILES string of the molecule is Cc1ccc(NC(=O)NC(=O)CN2CCCC(N(C)CC(=O)O)CC2)c(C)c1.Cl. The number of halogens is 1. The number of likely N-dealkylation sites (tertiary alicyclic amines) is 1. The number of amides is 3. The van der Waals surface area contributed by atoms with Gasteiger partial charge in [-0.2, -0.15) is 0 Å². The number of aryl methyl sites for hydroxylation is 2. The van der Waals surface area contributed by atoms with E-state index in [1.54, 1.807) is 0 Å². The third-order valence-electron chi connectivity index (χ3n) is 5.05. The summed E-state index contributed by atoms with van der Waals surface area (Å²) >= 11 is 0. The van der Waals surface area contributed by atoms with Crippen molar-refractivity contribution >= 4 is 36.0 Å². The van der Waals surface area contributed by atoms with Gasteiger partial charge in [0.25, 0.3) is 0 Å². The van der Waals surface area contributed by atoms with Gasteiger partial charge in [0.2, 0.25) is 5.91 Å². The number of carbonyl (C=O) groups excluding carboxylic acids is 2. The fourth-order valence-corrected chi connectivity index (χ4v) is 3.56. The molecule has 1 heterocycles. The molecule has 8 nitrogen and oxygen atoms in total. The van der Waals surface area contributed by atoms with Crippen molar-refractivity contribution in [3.8, 4) is 0 Å². The molecule has 2 rings (SSSR count). The summed E-state index contributed by atoms with van der Waals surface area (Å²) in [4.78, 5) is 39.0. The number of nitrogens with one attached hydrogen (secondary N) is 2. The van der Waals surface area contributed by atoms with E-state index in [2.05, 4.69) is 10.6 Å². The predicted octanol–water partition coefficient (Wildman–Crippen LogP) is 2.24. The fraction of sp³-hybridized carbons (Fsp3) is 0.550. The summed E-state index contributed by atoms with van der Waals surface area (Å²) in [6, 6.07) is 5.34. The number of carboxylic acid groups (broad SMARTS) is 1. The molecule has 9 heteroatoms. The molecule has 0 radical (unpaired) electrons. The first-order valence-corrected chi connectivity index (χ1v) is 9.57. The average molecular weight is 427 g/mol.